The second-order valence-corrected chi connectivity index (χ2v) is 5.68. The summed E-state index contributed by atoms with van der Waals surface area (Å²) in [6, 6.07) is 16.1. The smallest absolute Gasteiger partial charge is 0.337 e. The molecule has 0 spiro atoms. The fourth-order valence-electron chi connectivity index (χ4n) is 2.34. The number of fused-ring (bicyclic) bond motifs is 1. The zero-order valence-corrected chi connectivity index (χ0v) is 11.9. The molecule has 3 nitrogen and oxygen atoms in total. The van der Waals surface area contributed by atoms with Crippen molar-refractivity contribution in [3.8, 4) is 0 Å². The minimum atomic E-state index is -0.310. The van der Waals surface area contributed by atoms with E-state index in [1.165, 1.54) is 17.6 Å². The van der Waals surface area contributed by atoms with Crippen molar-refractivity contribution in [3.63, 3.8) is 0 Å². The number of carbonyl (C=O) groups is 1. The van der Waals surface area contributed by atoms with Gasteiger partial charge in [-0.1, -0.05) is 24.3 Å². The van der Waals surface area contributed by atoms with Crippen LogP contribution in [0.25, 0.3) is 0 Å². The molecule has 1 aliphatic heterocycles. The number of ether oxygens (including phenoxy) is 1. The van der Waals surface area contributed by atoms with Crippen LogP contribution in [0.15, 0.2) is 53.4 Å². The summed E-state index contributed by atoms with van der Waals surface area (Å²) in [7, 11) is 1.40. The van der Waals surface area contributed by atoms with Crippen LogP contribution in [0, 0.1) is 0 Å². The van der Waals surface area contributed by atoms with Crippen molar-refractivity contribution in [2.24, 2.45) is 0 Å². The van der Waals surface area contributed by atoms with E-state index in [9.17, 15) is 4.79 Å². The maximum atomic E-state index is 11.5. The molecule has 1 atom stereocenters. The number of anilines is 1. The van der Waals surface area contributed by atoms with Crippen LogP contribution < -0.4 is 5.32 Å². The first kappa shape index (κ1) is 13.1. The average molecular weight is 285 g/mol. The first-order chi connectivity index (χ1) is 9.78. The van der Waals surface area contributed by atoms with Crippen molar-refractivity contribution in [1.82, 2.24) is 0 Å². The second-order valence-electron chi connectivity index (χ2n) is 4.62. The molecule has 0 amide bonds. The molecule has 1 heterocycles. The Kier molecular flexibility index (Phi) is 3.65. The van der Waals surface area contributed by atoms with Gasteiger partial charge in [-0.25, -0.2) is 4.79 Å². The fourth-order valence-corrected chi connectivity index (χ4v) is 3.50. The Bertz CT molecular complexity index is 642. The molecule has 2 aromatic rings. The van der Waals surface area contributed by atoms with Gasteiger partial charge in [-0.05, 0) is 29.8 Å². The lowest BCUT2D eigenvalue weighted by Gasteiger charge is -2.15. The molecule has 0 radical (unpaired) electrons. The number of carbonyl (C=O) groups excluding carboxylic acids is 1. The van der Waals surface area contributed by atoms with Gasteiger partial charge in [0, 0.05) is 16.3 Å². The van der Waals surface area contributed by atoms with Gasteiger partial charge >= 0.3 is 5.97 Å². The molecule has 1 aliphatic rings. The van der Waals surface area contributed by atoms with E-state index in [0.29, 0.717) is 5.56 Å². The van der Waals surface area contributed by atoms with Gasteiger partial charge in [0.2, 0.25) is 0 Å². The number of thioether (sulfide) groups is 1. The van der Waals surface area contributed by atoms with E-state index in [0.717, 1.165) is 11.4 Å². The highest BCUT2D eigenvalue weighted by atomic mass is 32.2. The molecule has 0 fully saturated rings. The van der Waals surface area contributed by atoms with Crippen molar-refractivity contribution in [2.75, 3.05) is 18.2 Å². The van der Waals surface area contributed by atoms with Crippen molar-refractivity contribution in [3.05, 3.63) is 59.7 Å². The number of esters is 1. The average Bonchev–Trinajstić information content (AvgIpc) is 2.90. The zero-order valence-electron chi connectivity index (χ0n) is 11.1. The number of methoxy groups -OCH3 is 1. The summed E-state index contributed by atoms with van der Waals surface area (Å²) < 4.78 is 4.75. The molecule has 0 aliphatic carbocycles. The number of rotatable bonds is 3. The molecule has 0 bridgehead atoms. The standard InChI is InChI=1S/C16H15NO2S/c1-19-16(18)11-5-4-6-12(9-11)17-14-10-20-15-8-3-2-7-13(14)15/h2-9,14,17H,10H2,1H3. The Morgan fingerprint density at radius 3 is 2.95 bits per heavy atom. The van der Waals surface area contributed by atoms with Crippen LogP contribution in [0.1, 0.15) is 22.0 Å². The van der Waals surface area contributed by atoms with E-state index in [1.807, 2.05) is 30.0 Å². The minimum absolute atomic E-state index is 0.282. The van der Waals surface area contributed by atoms with Crippen LogP contribution in [0.4, 0.5) is 5.69 Å². The fraction of sp³-hybridized carbons (Fsp3) is 0.188. The molecule has 0 aromatic heterocycles. The van der Waals surface area contributed by atoms with E-state index in [-0.39, 0.29) is 12.0 Å². The summed E-state index contributed by atoms with van der Waals surface area (Å²) in [6.45, 7) is 0. The SMILES string of the molecule is COC(=O)c1cccc(NC2CSc3ccccc32)c1. The Balaban J connectivity index is 1.81. The number of hydrogen-bond donors (Lipinski definition) is 1. The molecule has 2 aromatic carbocycles. The van der Waals surface area contributed by atoms with Crippen molar-refractivity contribution < 1.29 is 9.53 Å². The zero-order chi connectivity index (χ0) is 13.9. The van der Waals surface area contributed by atoms with Gasteiger partial charge < -0.3 is 10.1 Å². The van der Waals surface area contributed by atoms with E-state index < -0.39 is 0 Å². The molecule has 3 rings (SSSR count). The summed E-state index contributed by atoms with van der Waals surface area (Å²) in [5.74, 6) is 0.691. The maximum Gasteiger partial charge on any atom is 0.337 e. The first-order valence-corrected chi connectivity index (χ1v) is 7.43. The van der Waals surface area contributed by atoms with E-state index in [2.05, 4.69) is 29.6 Å². The van der Waals surface area contributed by atoms with Gasteiger partial charge in [-0.2, -0.15) is 0 Å². The van der Waals surface area contributed by atoms with E-state index >= 15 is 0 Å². The molecule has 20 heavy (non-hydrogen) atoms. The van der Waals surface area contributed by atoms with Gasteiger partial charge in [-0.3, -0.25) is 0 Å². The summed E-state index contributed by atoms with van der Waals surface area (Å²) >= 11 is 1.86. The Labute approximate surface area is 122 Å². The highest BCUT2D eigenvalue weighted by Crippen LogP contribution is 2.39. The number of nitrogens with one attached hydrogen (secondary N) is 1. The van der Waals surface area contributed by atoms with Crippen molar-refractivity contribution >= 4 is 23.4 Å². The summed E-state index contributed by atoms with van der Waals surface area (Å²) in [5, 5.41) is 3.49. The Morgan fingerprint density at radius 1 is 1.25 bits per heavy atom. The topological polar surface area (TPSA) is 38.3 Å². The normalized spacial score (nSPS) is 16.6. The van der Waals surface area contributed by atoms with Gasteiger partial charge in [0.15, 0.2) is 0 Å². The van der Waals surface area contributed by atoms with Gasteiger partial charge in [0.1, 0.15) is 0 Å². The molecular weight excluding hydrogens is 270 g/mol. The molecule has 1 N–H and O–H groups in total. The Hall–Kier alpha value is -1.94. The maximum absolute atomic E-state index is 11.5. The highest BCUT2D eigenvalue weighted by molar-refractivity contribution is 7.99. The predicted octanol–water partition coefficient (Wildman–Crippen LogP) is 3.73. The minimum Gasteiger partial charge on any atom is -0.465 e. The lowest BCUT2D eigenvalue weighted by Crippen LogP contribution is -2.10. The van der Waals surface area contributed by atoms with Gasteiger partial charge in [0.05, 0.1) is 18.7 Å². The molecular formula is C16H15NO2S. The number of hydrogen-bond acceptors (Lipinski definition) is 4. The quantitative estimate of drug-likeness (QED) is 0.872. The molecule has 4 heteroatoms. The third-order valence-corrected chi connectivity index (χ3v) is 4.51. The van der Waals surface area contributed by atoms with Crippen molar-refractivity contribution in [1.29, 1.82) is 0 Å². The summed E-state index contributed by atoms with van der Waals surface area (Å²) in [5.41, 5.74) is 2.83. The molecule has 0 saturated heterocycles. The first-order valence-electron chi connectivity index (χ1n) is 6.44. The van der Waals surface area contributed by atoms with Crippen LogP contribution in [-0.2, 0) is 4.74 Å². The van der Waals surface area contributed by atoms with Crippen LogP contribution >= 0.6 is 11.8 Å². The molecule has 102 valence electrons. The van der Waals surface area contributed by atoms with Gasteiger partial charge in [-0.15, -0.1) is 11.8 Å². The highest BCUT2D eigenvalue weighted by Gasteiger charge is 2.22. The van der Waals surface area contributed by atoms with E-state index in [1.54, 1.807) is 6.07 Å². The van der Waals surface area contributed by atoms with E-state index in [4.69, 9.17) is 4.74 Å². The summed E-state index contributed by atoms with van der Waals surface area (Å²) in [4.78, 5) is 12.9. The predicted molar refractivity (Wildman–Crippen MR) is 81.3 cm³/mol. The molecule has 0 saturated carbocycles. The van der Waals surface area contributed by atoms with Crippen LogP contribution in [0.3, 0.4) is 0 Å². The van der Waals surface area contributed by atoms with Crippen molar-refractivity contribution in [2.45, 2.75) is 10.9 Å². The third-order valence-electron chi connectivity index (χ3n) is 3.32. The monoisotopic (exact) mass is 285 g/mol. The Morgan fingerprint density at radius 2 is 2.10 bits per heavy atom. The largest absolute Gasteiger partial charge is 0.465 e. The number of benzene rings is 2. The summed E-state index contributed by atoms with van der Waals surface area (Å²) in [6.07, 6.45) is 0. The molecule has 1 unspecified atom stereocenters. The lowest BCUT2D eigenvalue weighted by molar-refractivity contribution is 0.0601. The van der Waals surface area contributed by atoms with Crippen LogP contribution in [-0.4, -0.2) is 18.8 Å². The second kappa shape index (κ2) is 5.59. The van der Waals surface area contributed by atoms with Crippen LogP contribution in [0.2, 0.25) is 0 Å². The lowest BCUT2D eigenvalue weighted by atomic mass is 10.1. The third kappa shape index (κ3) is 2.51. The van der Waals surface area contributed by atoms with Gasteiger partial charge in [0.25, 0.3) is 0 Å². The van der Waals surface area contributed by atoms with Crippen LogP contribution in [0.5, 0.6) is 0 Å².